The van der Waals surface area contributed by atoms with Crippen molar-refractivity contribution >= 4 is 28.9 Å². The maximum absolute atomic E-state index is 6.15. The molecule has 0 aromatic carbocycles. The Hall–Kier alpha value is -0.510. The molecule has 1 saturated carbocycles. The molecule has 5 heteroatoms. The van der Waals surface area contributed by atoms with E-state index in [9.17, 15) is 0 Å². The molecule has 3 rings (SSSR count). The molecule has 2 heterocycles. The quantitative estimate of drug-likeness (QED) is 0.864. The van der Waals surface area contributed by atoms with Crippen molar-refractivity contribution in [2.75, 3.05) is 18.4 Å². The van der Waals surface area contributed by atoms with Crippen LogP contribution < -0.4 is 5.32 Å². The lowest BCUT2D eigenvalue weighted by atomic mass is 10.2. The summed E-state index contributed by atoms with van der Waals surface area (Å²) in [5.74, 6) is 0. The lowest BCUT2D eigenvalue weighted by molar-refractivity contribution is 0.326. The number of hydrogen-bond donors (Lipinski definition) is 1. The van der Waals surface area contributed by atoms with Crippen LogP contribution >= 0.6 is 23.2 Å². The highest BCUT2D eigenvalue weighted by Crippen LogP contribution is 2.32. The zero-order valence-corrected chi connectivity index (χ0v) is 11.9. The van der Waals surface area contributed by atoms with Crippen LogP contribution in [0.25, 0.3) is 0 Å². The minimum Gasteiger partial charge on any atom is -0.378 e. The molecule has 1 aliphatic heterocycles. The van der Waals surface area contributed by atoms with E-state index in [2.05, 4.69) is 15.2 Å². The Morgan fingerprint density at radius 1 is 1.33 bits per heavy atom. The summed E-state index contributed by atoms with van der Waals surface area (Å²) in [7, 11) is 0. The van der Waals surface area contributed by atoms with E-state index in [-0.39, 0.29) is 0 Å². The smallest absolute Gasteiger partial charge is 0.154 e. The highest BCUT2D eigenvalue weighted by molar-refractivity contribution is 6.34. The van der Waals surface area contributed by atoms with Gasteiger partial charge in [-0.25, -0.2) is 4.98 Å². The number of aromatic nitrogens is 1. The Bertz CT molecular complexity index is 437. The normalized spacial score (nSPS) is 24.5. The van der Waals surface area contributed by atoms with Crippen LogP contribution in [0.3, 0.4) is 0 Å². The van der Waals surface area contributed by atoms with Gasteiger partial charge in [0.1, 0.15) is 5.15 Å². The third-order valence-corrected chi connectivity index (χ3v) is 4.24. The van der Waals surface area contributed by atoms with Crippen LogP contribution in [-0.4, -0.2) is 35.1 Å². The molecule has 1 N–H and O–H groups in total. The number of nitrogens with zero attached hydrogens (tertiary/aromatic N) is 2. The summed E-state index contributed by atoms with van der Waals surface area (Å²) in [5.41, 5.74) is 1.99. The molecule has 1 aromatic heterocycles. The van der Waals surface area contributed by atoms with Gasteiger partial charge in [-0.15, -0.1) is 0 Å². The highest BCUT2D eigenvalue weighted by Gasteiger charge is 2.34. The van der Waals surface area contributed by atoms with Crippen molar-refractivity contribution in [3.63, 3.8) is 0 Å². The van der Waals surface area contributed by atoms with Gasteiger partial charge in [-0.3, -0.25) is 4.90 Å². The van der Waals surface area contributed by atoms with E-state index in [1.165, 1.54) is 25.8 Å². The first kappa shape index (κ1) is 12.5. The zero-order chi connectivity index (χ0) is 12.7. The fraction of sp³-hybridized carbons (Fsp3) is 0.615. The number of nitrogens with one attached hydrogen (secondary N) is 1. The molecular formula is C13H17Cl2N3. The van der Waals surface area contributed by atoms with E-state index < -0.39 is 0 Å². The molecule has 1 saturated heterocycles. The lowest BCUT2D eigenvalue weighted by Gasteiger charge is -2.18. The molecule has 98 valence electrons. The average molecular weight is 286 g/mol. The number of rotatable bonds is 3. The van der Waals surface area contributed by atoms with Gasteiger partial charge in [-0.05, 0) is 37.8 Å². The zero-order valence-electron chi connectivity index (χ0n) is 10.4. The largest absolute Gasteiger partial charge is 0.378 e. The minimum absolute atomic E-state index is 0.453. The van der Waals surface area contributed by atoms with Crippen molar-refractivity contribution in [2.45, 2.75) is 38.3 Å². The lowest BCUT2D eigenvalue weighted by Crippen LogP contribution is -2.28. The van der Waals surface area contributed by atoms with Crippen molar-refractivity contribution in [3.05, 3.63) is 21.9 Å². The third-order valence-electron chi connectivity index (χ3n) is 3.77. The molecule has 1 aliphatic carbocycles. The number of pyridine rings is 1. The first-order valence-corrected chi connectivity index (χ1v) is 7.22. The first-order valence-electron chi connectivity index (χ1n) is 6.46. The minimum atomic E-state index is 0.453. The molecule has 0 bridgehead atoms. The van der Waals surface area contributed by atoms with Gasteiger partial charge in [0.15, 0.2) is 5.15 Å². The predicted octanol–water partition coefficient (Wildman–Crippen LogP) is 3.35. The van der Waals surface area contributed by atoms with Crippen molar-refractivity contribution in [1.82, 2.24) is 9.88 Å². The van der Waals surface area contributed by atoms with Crippen LogP contribution in [0.4, 0.5) is 5.69 Å². The Balaban J connectivity index is 1.69. The van der Waals surface area contributed by atoms with Crippen molar-refractivity contribution in [1.29, 1.82) is 0 Å². The van der Waals surface area contributed by atoms with E-state index in [4.69, 9.17) is 23.2 Å². The molecule has 0 radical (unpaired) electrons. The van der Waals surface area contributed by atoms with Gasteiger partial charge < -0.3 is 5.32 Å². The van der Waals surface area contributed by atoms with E-state index in [0.717, 1.165) is 23.8 Å². The number of aryl methyl sites for hydroxylation is 1. The molecule has 0 spiro atoms. The second-order valence-corrected chi connectivity index (χ2v) is 6.03. The Morgan fingerprint density at radius 2 is 2.11 bits per heavy atom. The summed E-state index contributed by atoms with van der Waals surface area (Å²) in [5, 5.41) is 4.45. The summed E-state index contributed by atoms with van der Waals surface area (Å²) in [6, 6.07) is 3.17. The number of anilines is 1. The standard InChI is InChI=1S/C13H17Cl2N3/c1-8-6-11(14)17-13(15)12(8)16-9-4-5-18(7-9)10-2-3-10/h6,9-10,16H,2-5,7H2,1H3. The predicted molar refractivity (Wildman–Crippen MR) is 75.6 cm³/mol. The summed E-state index contributed by atoms with van der Waals surface area (Å²) >= 11 is 12.0. The van der Waals surface area contributed by atoms with E-state index in [0.29, 0.717) is 16.3 Å². The summed E-state index contributed by atoms with van der Waals surface area (Å²) < 4.78 is 0. The van der Waals surface area contributed by atoms with Gasteiger partial charge in [0, 0.05) is 25.2 Å². The molecule has 2 aliphatic rings. The number of halogens is 2. The summed E-state index contributed by atoms with van der Waals surface area (Å²) in [4.78, 5) is 6.67. The third kappa shape index (κ3) is 2.58. The second-order valence-electron chi connectivity index (χ2n) is 5.28. The Labute approximate surface area is 117 Å². The van der Waals surface area contributed by atoms with Crippen LogP contribution in [-0.2, 0) is 0 Å². The molecular weight excluding hydrogens is 269 g/mol. The van der Waals surface area contributed by atoms with Crippen LogP contribution in [0.1, 0.15) is 24.8 Å². The molecule has 2 fully saturated rings. The fourth-order valence-electron chi connectivity index (χ4n) is 2.65. The summed E-state index contributed by atoms with van der Waals surface area (Å²) in [6.45, 7) is 4.32. The van der Waals surface area contributed by atoms with Crippen LogP contribution in [0.5, 0.6) is 0 Å². The molecule has 1 atom stereocenters. The molecule has 1 aromatic rings. The van der Waals surface area contributed by atoms with E-state index in [1.54, 1.807) is 0 Å². The van der Waals surface area contributed by atoms with Gasteiger partial charge in [0.05, 0.1) is 5.69 Å². The molecule has 18 heavy (non-hydrogen) atoms. The summed E-state index contributed by atoms with van der Waals surface area (Å²) in [6.07, 6.45) is 3.92. The number of likely N-dealkylation sites (tertiary alicyclic amines) is 1. The maximum atomic E-state index is 6.15. The van der Waals surface area contributed by atoms with E-state index >= 15 is 0 Å². The number of hydrogen-bond acceptors (Lipinski definition) is 3. The highest BCUT2D eigenvalue weighted by atomic mass is 35.5. The Morgan fingerprint density at radius 3 is 2.78 bits per heavy atom. The van der Waals surface area contributed by atoms with Gasteiger partial charge >= 0.3 is 0 Å². The van der Waals surface area contributed by atoms with Crippen LogP contribution in [0, 0.1) is 6.92 Å². The average Bonchev–Trinajstić information content (AvgIpc) is 3.04. The monoisotopic (exact) mass is 285 g/mol. The van der Waals surface area contributed by atoms with Crippen molar-refractivity contribution in [2.24, 2.45) is 0 Å². The SMILES string of the molecule is Cc1cc(Cl)nc(Cl)c1NC1CCN(C2CC2)C1. The van der Waals surface area contributed by atoms with Gasteiger partial charge in [-0.1, -0.05) is 23.2 Å². The van der Waals surface area contributed by atoms with Gasteiger partial charge in [-0.2, -0.15) is 0 Å². The van der Waals surface area contributed by atoms with E-state index in [1.807, 2.05) is 13.0 Å². The second kappa shape index (κ2) is 4.87. The topological polar surface area (TPSA) is 28.2 Å². The Kier molecular flexibility index (Phi) is 3.39. The molecule has 0 amide bonds. The van der Waals surface area contributed by atoms with Crippen LogP contribution in [0.15, 0.2) is 6.07 Å². The maximum Gasteiger partial charge on any atom is 0.154 e. The van der Waals surface area contributed by atoms with Crippen molar-refractivity contribution < 1.29 is 0 Å². The van der Waals surface area contributed by atoms with Crippen LogP contribution in [0.2, 0.25) is 10.3 Å². The first-order chi connectivity index (χ1) is 8.63. The molecule has 3 nitrogen and oxygen atoms in total. The van der Waals surface area contributed by atoms with Gasteiger partial charge in [0.25, 0.3) is 0 Å². The van der Waals surface area contributed by atoms with Crippen molar-refractivity contribution in [3.8, 4) is 0 Å². The fourth-order valence-corrected chi connectivity index (χ4v) is 3.24. The molecule has 1 unspecified atom stereocenters. The van der Waals surface area contributed by atoms with Gasteiger partial charge in [0.2, 0.25) is 0 Å².